The molecule has 0 radical (unpaired) electrons. The Bertz CT molecular complexity index is 939. The second-order valence-electron chi connectivity index (χ2n) is 9.06. The van der Waals surface area contributed by atoms with E-state index in [1.165, 1.54) is 25.3 Å². The molecule has 1 fully saturated rings. The minimum atomic E-state index is -0.778. The molecule has 3 amide bonds. The first-order valence-electron chi connectivity index (χ1n) is 12.3. The molecule has 0 heterocycles. The van der Waals surface area contributed by atoms with Crippen LogP contribution in [0.25, 0.3) is 6.08 Å². The van der Waals surface area contributed by atoms with Crippen LogP contribution >= 0.6 is 0 Å². The number of rotatable bonds is 13. The Hall–Kier alpha value is -3.56. The summed E-state index contributed by atoms with van der Waals surface area (Å²) in [6.45, 7) is 3.60. The summed E-state index contributed by atoms with van der Waals surface area (Å²) in [5.41, 5.74) is 0.632. The van der Waals surface area contributed by atoms with Crippen molar-refractivity contribution in [3.8, 4) is 11.5 Å². The molecule has 1 aromatic rings. The van der Waals surface area contributed by atoms with Gasteiger partial charge in [-0.05, 0) is 61.8 Å². The van der Waals surface area contributed by atoms with Gasteiger partial charge in [0, 0.05) is 19.0 Å². The van der Waals surface area contributed by atoms with E-state index >= 15 is 0 Å². The molecule has 1 saturated carbocycles. The van der Waals surface area contributed by atoms with Gasteiger partial charge in [0.2, 0.25) is 17.7 Å². The predicted octanol–water partition coefficient (Wildman–Crippen LogP) is 2.05. The molecule has 0 aromatic heterocycles. The molecule has 0 saturated heterocycles. The molecule has 2 rings (SSSR count). The maximum Gasteiger partial charge on any atom is 0.306 e. The molecular weight excluding hydrogens is 466 g/mol. The Morgan fingerprint density at radius 1 is 1.14 bits per heavy atom. The first kappa shape index (κ1) is 28.7. The largest absolute Gasteiger partial charge is 0.504 e. The summed E-state index contributed by atoms with van der Waals surface area (Å²) in [6.07, 6.45) is 7.49. The van der Waals surface area contributed by atoms with Crippen molar-refractivity contribution in [1.29, 1.82) is 0 Å². The summed E-state index contributed by atoms with van der Waals surface area (Å²) in [6, 6.07) is 3.85. The van der Waals surface area contributed by atoms with E-state index in [1.54, 1.807) is 26.0 Å². The van der Waals surface area contributed by atoms with E-state index in [1.807, 2.05) is 0 Å². The van der Waals surface area contributed by atoms with Gasteiger partial charge in [0.05, 0.1) is 13.7 Å². The number of carbonyl (C=O) groups is 4. The van der Waals surface area contributed by atoms with Crippen molar-refractivity contribution in [2.24, 2.45) is 5.92 Å². The molecule has 4 N–H and O–H groups in total. The Labute approximate surface area is 211 Å². The highest BCUT2D eigenvalue weighted by Gasteiger charge is 2.24. The lowest BCUT2D eigenvalue weighted by atomic mass is 10.0. The van der Waals surface area contributed by atoms with E-state index in [2.05, 4.69) is 16.0 Å². The van der Waals surface area contributed by atoms with Crippen LogP contribution in [0.3, 0.4) is 0 Å². The number of phenolic OH excluding ortho intramolecular Hbond substituents is 1. The number of phenols is 1. The number of hydrogen-bond donors (Lipinski definition) is 4. The van der Waals surface area contributed by atoms with E-state index in [0.29, 0.717) is 18.5 Å². The third-order valence-electron chi connectivity index (χ3n) is 5.78. The normalized spacial score (nSPS) is 14.4. The van der Waals surface area contributed by atoms with E-state index < -0.39 is 17.9 Å². The van der Waals surface area contributed by atoms with Crippen LogP contribution in [-0.4, -0.2) is 61.1 Å². The molecule has 1 atom stereocenters. The van der Waals surface area contributed by atoms with Gasteiger partial charge in [0.25, 0.3) is 0 Å². The van der Waals surface area contributed by atoms with Gasteiger partial charge in [-0.1, -0.05) is 19.9 Å². The van der Waals surface area contributed by atoms with Gasteiger partial charge in [-0.25, -0.2) is 0 Å². The van der Waals surface area contributed by atoms with E-state index in [9.17, 15) is 24.3 Å². The summed E-state index contributed by atoms with van der Waals surface area (Å²) in [7, 11) is 1.42. The molecule has 1 aromatic carbocycles. The topological polar surface area (TPSA) is 143 Å². The zero-order chi connectivity index (χ0) is 26.5. The van der Waals surface area contributed by atoms with Crippen molar-refractivity contribution in [1.82, 2.24) is 16.0 Å². The molecule has 10 heteroatoms. The second kappa shape index (κ2) is 14.8. The van der Waals surface area contributed by atoms with E-state index in [-0.39, 0.29) is 48.4 Å². The third kappa shape index (κ3) is 9.97. The van der Waals surface area contributed by atoms with Crippen molar-refractivity contribution in [3.05, 3.63) is 29.8 Å². The fraction of sp³-hybridized carbons (Fsp3) is 0.538. The maximum atomic E-state index is 12.5. The SMILES string of the molecule is COc1cc(/C=C/C(=O)NCC(=O)N[C@H](C(=O)NCCCC(=O)OC2CCCC2)C(C)C)ccc1O. The monoisotopic (exact) mass is 503 g/mol. The molecule has 0 spiro atoms. The van der Waals surface area contributed by atoms with Crippen molar-refractivity contribution in [2.45, 2.75) is 64.5 Å². The van der Waals surface area contributed by atoms with Gasteiger partial charge in [-0.15, -0.1) is 0 Å². The van der Waals surface area contributed by atoms with E-state index in [4.69, 9.17) is 9.47 Å². The first-order chi connectivity index (χ1) is 17.2. The quantitative estimate of drug-likeness (QED) is 0.183. The Balaban J connectivity index is 1.71. The van der Waals surface area contributed by atoms with Crippen molar-refractivity contribution < 1.29 is 33.8 Å². The van der Waals surface area contributed by atoms with Gasteiger partial charge in [-0.2, -0.15) is 0 Å². The fourth-order valence-corrected chi connectivity index (χ4v) is 3.76. The first-order valence-corrected chi connectivity index (χ1v) is 12.3. The second-order valence-corrected chi connectivity index (χ2v) is 9.06. The number of ether oxygens (including phenoxy) is 2. The number of methoxy groups -OCH3 is 1. The predicted molar refractivity (Wildman–Crippen MR) is 134 cm³/mol. The lowest BCUT2D eigenvalue weighted by Crippen LogP contribution is -2.52. The molecular formula is C26H37N3O7. The molecule has 1 aliphatic carbocycles. The molecule has 36 heavy (non-hydrogen) atoms. The van der Waals surface area contributed by atoms with Crippen LogP contribution < -0.4 is 20.7 Å². The number of aromatic hydroxyl groups is 1. The molecule has 1 aliphatic rings. The van der Waals surface area contributed by atoms with Gasteiger partial charge in [-0.3, -0.25) is 19.2 Å². The van der Waals surface area contributed by atoms with E-state index in [0.717, 1.165) is 25.7 Å². The number of esters is 1. The van der Waals surface area contributed by atoms with Crippen LogP contribution in [0.4, 0.5) is 0 Å². The van der Waals surface area contributed by atoms with Crippen LogP contribution in [0.2, 0.25) is 0 Å². The highest BCUT2D eigenvalue weighted by atomic mass is 16.5. The molecule has 10 nitrogen and oxygen atoms in total. The van der Waals surface area contributed by atoms with Gasteiger partial charge >= 0.3 is 5.97 Å². The smallest absolute Gasteiger partial charge is 0.306 e. The van der Waals surface area contributed by atoms with Crippen molar-refractivity contribution in [3.63, 3.8) is 0 Å². The Kier molecular flexibility index (Phi) is 11.7. The third-order valence-corrected chi connectivity index (χ3v) is 5.78. The zero-order valence-electron chi connectivity index (χ0n) is 21.2. The van der Waals surface area contributed by atoms with Crippen LogP contribution in [0.5, 0.6) is 11.5 Å². The fourth-order valence-electron chi connectivity index (χ4n) is 3.76. The number of amides is 3. The lowest BCUT2D eigenvalue weighted by molar-refractivity contribution is -0.149. The Morgan fingerprint density at radius 3 is 2.53 bits per heavy atom. The Morgan fingerprint density at radius 2 is 1.86 bits per heavy atom. The van der Waals surface area contributed by atoms with Crippen LogP contribution in [-0.2, 0) is 23.9 Å². The summed E-state index contributed by atoms with van der Waals surface area (Å²) in [5.74, 6) is -1.51. The highest BCUT2D eigenvalue weighted by molar-refractivity contribution is 5.95. The lowest BCUT2D eigenvalue weighted by Gasteiger charge is -2.21. The average molecular weight is 504 g/mol. The van der Waals surface area contributed by atoms with Gasteiger partial charge in [0.15, 0.2) is 11.5 Å². The summed E-state index contributed by atoms with van der Waals surface area (Å²) in [5, 5.41) is 17.5. The zero-order valence-corrected chi connectivity index (χ0v) is 21.2. The standard InChI is InChI=1S/C26H37N3O7/c1-17(2)25(26(34)27-14-6-9-24(33)36-19-7-4-5-8-19)29-23(32)16-28-22(31)13-11-18-10-12-20(30)21(15-18)35-3/h10-13,15,17,19,25,30H,4-9,14,16H2,1-3H3,(H,27,34)(H,28,31)(H,29,32)/b13-11+/t25-/m0/s1. The summed E-state index contributed by atoms with van der Waals surface area (Å²) < 4.78 is 10.4. The highest BCUT2D eigenvalue weighted by Crippen LogP contribution is 2.26. The van der Waals surface area contributed by atoms with Crippen LogP contribution in [0.1, 0.15) is 57.9 Å². The van der Waals surface area contributed by atoms with Crippen molar-refractivity contribution in [2.75, 3.05) is 20.2 Å². The maximum absolute atomic E-state index is 12.5. The van der Waals surface area contributed by atoms with Crippen molar-refractivity contribution >= 4 is 29.8 Å². The minimum absolute atomic E-state index is 0.0126. The molecule has 0 aliphatic heterocycles. The molecule has 198 valence electrons. The number of hydrogen-bond acceptors (Lipinski definition) is 7. The number of nitrogens with one attached hydrogen (secondary N) is 3. The number of benzene rings is 1. The van der Waals surface area contributed by atoms with Gasteiger partial charge < -0.3 is 30.5 Å². The number of carbonyl (C=O) groups excluding carboxylic acids is 4. The van der Waals surface area contributed by atoms with Gasteiger partial charge in [0.1, 0.15) is 12.1 Å². The average Bonchev–Trinajstić information content (AvgIpc) is 3.35. The summed E-state index contributed by atoms with van der Waals surface area (Å²) >= 11 is 0. The minimum Gasteiger partial charge on any atom is -0.504 e. The summed E-state index contributed by atoms with van der Waals surface area (Å²) in [4.78, 5) is 48.8. The van der Waals surface area contributed by atoms with Crippen LogP contribution in [0, 0.1) is 5.92 Å². The molecule has 0 unspecified atom stereocenters. The molecule has 0 bridgehead atoms. The van der Waals surface area contributed by atoms with Crippen LogP contribution in [0.15, 0.2) is 24.3 Å².